The Bertz CT molecular complexity index is 278. The van der Waals surface area contributed by atoms with Crippen LogP contribution in [0.2, 0.25) is 0 Å². The van der Waals surface area contributed by atoms with E-state index in [-0.39, 0.29) is 0 Å². The summed E-state index contributed by atoms with van der Waals surface area (Å²) < 4.78 is 1.94. The molecule has 0 amide bonds. The molecule has 14 heavy (non-hydrogen) atoms. The van der Waals surface area contributed by atoms with Crippen LogP contribution in [-0.2, 0) is 13.1 Å². The summed E-state index contributed by atoms with van der Waals surface area (Å²) in [7, 11) is 0. The molecule has 1 aromatic heterocycles. The molecule has 0 spiro atoms. The third-order valence-corrected chi connectivity index (χ3v) is 2.19. The van der Waals surface area contributed by atoms with E-state index in [2.05, 4.69) is 37.0 Å². The molecule has 1 unspecified atom stereocenters. The van der Waals surface area contributed by atoms with E-state index in [1.807, 2.05) is 17.0 Å². The summed E-state index contributed by atoms with van der Waals surface area (Å²) in [5, 5.41) is 7.63. The molecule has 1 rings (SSSR count). The number of rotatable bonds is 6. The largest absolute Gasteiger partial charge is 0.310 e. The molecule has 0 saturated carbocycles. The average molecular weight is 193 g/mol. The number of nitrogens with zero attached hydrogens (tertiary/aromatic N) is 2. The van der Waals surface area contributed by atoms with Gasteiger partial charge in [0.15, 0.2) is 0 Å². The molecule has 0 fully saturated rings. The topological polar surface area (TPSA) is 29.9 Å². The zero-order chi connectivity index (χ0) is 10.4. The van der Waals surface area contributed by atoms with Crippen LogP contribution in [-0.4, -0.2) is 15.8 Å². The Morgan fingerprint density at radius 3 is 3.07 bits per heavy atom. The molecule has 3 heteroatoms. The third kappa shape index (κ3) is 3.34. The van der Waals surface area contributed by atoms with Crippen LogP contribution in [0.5, 0.6) is 0 Å². The van der Waals surface area contributed by atoms with Gasteiger partial charge in [-0.05, 0) is 20.3 Å². The van der Waals surface area contributed by atoms with Gasteiger partial charge < -0.3 is 5.32 Å². The van der Waals surface area contributed by atoms with Crippen molar-refractivity contribution in [1.82, 2.24) is 15.1 Å². The summed E-state index contributed by atoms with van der Waals surface area (Å²) >= 11 is 0. The lowest BCUT2D eigenvalue weighted by atomic mass is 10.2. The van der Waals surface area contributed by atoms with Crippen molar-refractivity contribution in [2.24, 2.45) is 0 Å². The predicted molar refractivity (Wildman–Crippen MR) is 59.0 cm³/mol. The van der Waals surface area contributed by atoms with E-state index in [0.29, 0.717) is 6.04 Å². The molecular formula is C11H19N3. The van der Waals surface area contributed by atoms with Crippen LogP contribution >= 0.6 is 0 Å². The Balaban J connectivity index is 2.33. The molecule has 3 nitrogen and oxygen atoms in total. The molecule has 1 aromatic rings. The van der Waals surface area contributed by atoms with Crippen molar-refractivity contribution < 1.29 is 0 Å². The highest BCUT2D eigenvalue weighted by atomic mass is 15.3. The Hall–Kier alpha value is -1.09. The standard InChI is InChI=1S/C11H19N3/c1-4-6-10(3)12-7-11-8-13-14(5-2)9-11/h4,8-10,12H,1,5-7H2,2-3H3. The quantitative estimate of drug-likeness (QED) is 0.700. The predicted octanol–water partition coefficient (Wildman–Crippen LogP) is 1.96. The first-order valence-corrected chi connectivity index (χ1v) is 5.11. The highest BCUT2D eigenvalue weighted by molar-refractivity contribution is 5.03. The molecule has 0 aliphatic rings. The highest BCUT2D eigenvalue weighted by Crippen LogP contribution is 1.99. The summed E-state index contributed by atoms with van der Waals surface area (Å²) in [6.07, 6.45) is 6.93. The number of aryl methyl sites for hydroxylation is 1. The summed E-state index contributed by atoms with van der Waals surface area (Å²) in [5.41, 5.74) is 1.24. The summed E-state index contributed by atoms with van der Waals surface area (Å²) in [6.45, 7) is 9.78. The van der Waals surface area contributed by atoms with Crippen molar-refractivity contribution in [2.45, 2.75) is 39.4 Å². The second kappa shape index (κ2) is 5.60. The molecule has 0 bridgehead atoms. The van der Waals surface area contributed by atoms with Gasteiger partial charge in [0.25, 0.3) is 0 Å². The van der Waals surface area contributed by atoms with Gasteiger partial charge in [-0.1, -0.05) is 6.08 Å². The molecule has 0 radical (unpaired) electrons. The second-order valence-corrected chi connectivity index (χ2v) is 3.51. The third-order valence-electron chi connectivity index (χ3n) is 2.19. The zero-order valence-electron chi connectivity index (χ0n) is 9.03. The smallest absolute Gasteiger partial charge is 0.0534 e. The van der Waals surface area contributed by atoms with Gasteiger partial charge in [-0.15, -0.1) is 6.58 Å². The average Bonchev–Trinajstić information content (AvgIpc) is 2.63. The normalized spacial score (nSPS) is 12.7. The van der Waals surface area contributed by atoms with Gasteiger partial charge in [-0.25, -0.2) is 0 Å². The Kier molecular flexibility index (Phi) is 4.40. The molecule has 1 atom stereocenters. The minimum Gasteiger partial charge on any atom is -0.310 e. The Labute approximate surface area is 85.8 Å². The van der Waals surface area contributed by atoms with Gasteiger partial charge in [0, 0.05) is 30.9 Å². The fourth-order valence-corrected chi connectivity index (χ4v) is 1.30. The molecule has 0 aromatic carbocycles. The van der Waals surface area contributed by atoms with Crippen molar-refractivity contribution in [1.29, 1.82) is 0 Å². The fourth-order valence-electron chi connectivity index (χ4n) is 1.30. The molecule has 0 aliphatic heterocycles. The zero-order valence-corrected chi connectivity index (χ0v) is 9.03. The van der Waals surface area contributed by atoms with Gasteiger partial charge in [-0.2, -0.15) is 5.10 Å². The minimum atomic E-state index is 0.484. The maximum absolute atomic E-state index is 4.22. The van der Waals surface area contributed by atoms with E-state index in [0.717, 1.165) is 19.5 Å². The SMILES string of the molecule is C=CCC(C)NCc1cnn(CC)c1. The van der Waals surface area contributed by atoms with Crippen LogP contribution in [0, 0.1) is 0 Å². The van der Waals surface area contributed by atoms with E-state index < -0.39 is 0 Å². The lowest BCUT2D eigenvalue weighted by Gasteiger charge is -2.09. The molecular weight excluding hydrogens is 174 g/mol. The first-order chi connectivity index (χ1) is 6.76. The maximum Gasteiger partial charge on any atom is 0.0534 e. The highest BCUT2D eigenvalue weighted by Gasteiger charge is 2.00. The summed E-state index contributed by atoms with van der Waals surface area (Å²) in [5.74, 6) is 0. The first kappa shape index (κ1) is 11.0. The van der Waals surface area contributed by atoms with E-state index in [1.165, 1.54) is 5.56 Å². The van der Waals surface area contributed by atoms with Crippen LogP contribution in [0.25, 0.3) is 0 Å². The van der Waals surface area contributed by atoms with Crippen molar-refractivity contribution in [3.05, 3.63) is 30.6 Å². The molecule has 1 N–H and O–H groups in total. The number of nitrogens with one attached hydrogen (secondary N) is 1. The summed E-state index contributed by atoms with van der Waals surface area (Å²) in [6, 6.07) is 0.484. The summed E-state index contributed by atoms with van der Waals surface area (Å²) in [4.78, 5) is 0. The lowest BCUT2D eigenvalue weighted by Crippen LogP contribution is -2.24. The van der Waals surface area contributed by atoms with Crippen LogP contribution in [0.1, 0.15) is 25.8 Å². The van der Waals surface area contributed by atoms with Crippen LogP contribution < -0.4 is 5.32 Å². The number of hydrogen-bond donors (Lipinski definition) is 1. The van der Waals surface area contributed by atoms with Gasteiger partial charge >= 0.3 is 0 Å². The fraction of sp³-hybridized carbons (Fsp3) is 0.545. The van der Waals surface area contributed by atoms with Gasteiger partial charge in [0.05, 0.1) is 6.20 Å². The van der Waals surface area contributed by atoms with Crippen molar-refractivity contribution >= 4 is 0 Å². The van der Waals surface area contributed by atoms with Gasteiger partial charge in [0.2, 0.25) is 0 Å². The van der Waals surface area contributed by atoms with E-state index in [1.54, 1.807) is 0 Å². The maximum atomic E-state index is 4.22. The van der Waals surface area contributed by atoms with Crippen LogP contribution in [0.15, 0.2) is 25.0 Å². The van der Waals surface area contributed by atoms with Crippen molar-refractivity contribution in [3.63, 3.8) is 0 Å². The van der Waals surface area contributed by atoms with Crippen LogP contribution in [0.4, 0.5) is 0 Å². The van der Waals surface area contributed by atoms with Crippen molar-refractivity contribution in [3.8, 4) is 0 Å². The lowest BCUT2D eigenvalue weighted by molar-refractivity contribution is 0.553. The van der Waals surface area contributed by atoms with E-state index in [4.69, 9.17) is 0 Å². The van der Waals surface area contributed by atoms with Gasteiger partial charge in [0.1, 0.15) is 0 Å². The Morgan fingerprint density at radius 2 is 2.50 bits per heavy atom. The monoisotopic (exact) mass is 193 g/mol. The second-order valence-electron chi connectivity index (χ2n) is 3.51. The molecule has 0 saturated heterocycles. The minimum absolute atomic E-state index is 0.484. The number of aromatic nitrogens is 2. The molecule has 0 aliphatic carbocycles. The van der Waals surface area contributed by atoms with Gasteiger partial charge in [-0.3, -0.25) is 4.68 Å². The first-order valence-electron chi connectivity index (χ1n) is 5.11. The number of hydrogen-bond acceptors (Lipinski definition) is 2. The van der Waals surface area contributed by atoms with Crippen LogP contribution in [0.3, 0.4) is 0 Å². The molecule has 78 valence electrons. The van der Waals surface area contributed by atoms with E-state index in [9.17, 15) is 0 Å². The van der Waals surface area contributed by atoms with E-state index >= 15 is 0 Å². The molecule has 1 heterocycles. The van der Waals surface area contributed by atoms with Crippen molar-refractivity contribution in [2.75, 3.05) is 0 Å². The Morgan fingerprint density at radius 1 is 1.71 bits per heavy atom.